The van der Waals surface area contributed by atoms with Crippen molar-refractivity contribution >= 4 is 17.1 Å². The molecule has 3 aromatic carbocycles. The van der Waals surface area contributed by atoms with Crippen molar-refractivity contribution in [3.8, 4) is 11.5 Å². The minimum Gasteiger partial charge on any atom is -0.497 e. The van der Waals surface area contributed by atoms with E-state index in [2.05, 4.69) is 0 Å². The molecule has 0 unspecified atom stereocenters. The van der Waals surface area contributed by atoms with Crippen LogP contribution in [0, 0.1) is 0 Å². The number of hydrogen-bond acceptors (Lipinski definition) is 5. The fourth-order valence-corrected chi connectivity index (χ4v) is 2.06. The number of nitrogens with two attached hydrogens (primary N) is 3. The molecule has 156 valence electrons. The Kier molecular flexibility index (Phi) is 9.18. The van der Waals surface area contributed by atoms with E-state index in [4.69, 9.17) is 26.7 Å². The van der Waals surface area contributed by atoms with E-state index in [0.29, 0.717) is 5.69 Å². The highest BCUT2D eigenvalue weighted by atomic mass is 19.4. The number of anilines is 3. The summed E-state index contributed by atoms with van der Waals surface area (Å²) in [5, 5.41) is 0. The lowest BCUT2D eigenvalue weighted by Crippen LogP contribution is -2.07. The highest BCUT2D eigenvalue weighted by molar-refractivity contribution is 5.51. The maximum absolute atomic E-state index is 12.0. The van der Waals surface area contributed by atoms with Crippen LogP contribution in [0.1, 0.15) is 5.56 Å². The fraction of sp³-hybridized carbons (Fsp3) is 0.143. The number of rotatable bonds is 2. The number of alkyl halides is 3. The number of hydrogen-bond donors (Lipinski definition) is 3. The maximum Gasteiger partial charge on any atom is 0.418 e. The molecule has 0 amide bonds. The Labute approximate surface area is 167 Å². The van der Waals surface area contributed by atoms with Crippen LogP contribution in [0.25, 0.3) is 0 Å². The average Bonchev–Trinajstić information content (AvgIpc) is 2.69. The number of methoxy groups -OCH3 is 2. The molecular formula is C21H24F3N3O2. The summed E-state index contributed by atoms with van der Waals surface area (Å²) in [6.07, 6.45) is -4.34. The lowest BCUT2D eigenvalue weighted by Gasteiger charge is -2.07. The van der Waals surface area contributed by atoms with Gasteiger partial charge in [0.15, 0.2) is 0 Å². The molecule has 0 atom stereocenters. The zero-order valence-corrected chi connectivity index (χ0v) is 16.1. The average molecular weight is 407 g/mol. The van der Waals surface area contributed by atoms with Crippen molar-refractivity contribution in [2.45, 2.75) is 6.18 Å². The lowest BCUT2D eigenvalue weighted by molar-refractivity contribution is -0.136. The van der Waals surface area contributed by atoms with Crippen LogP contribution >= 0.6 is 0 Å². The Balaban J connectivity index is 0.000000219. The summed E-state index contributed by atoms with van der Waals surface area (Å²) in [6.45, 7) is 0. The molecule has 0 heterocycles. The Morgan fingerprint density at radius 2 is 1.28 bits per heavy atom. The van der Waals surface area contributed by atoms with Gasteiger partial charge in [0.25, 0.3) is 0 Å². The summed E-state index contributed by atoms with van der Waals surface area (Å²) < 4.78 is 45.7. The Bertz CT molecular complexity index is 887. The Hall–Kier alpha value is -3.55. The molecule has 0 saturated carbocycles. The standard InChI is InChI=1S/C7H6F3N.2C7H9NO/c8-7(9,10)5-3-1-2-4-6(5)11;1-9-7-4-2-3-6(8)5-7;1-9-7-5-3-2-4-6(7)8/h1-4H,11H2;2*2-5H,8H2,1H3. The van der Waals surface area contributed by atoms with Gasteiger partial charge in [-0.2, -0.15) is 13.2 Å². The van der Waals surface area contributed by atoms with E-state index in [9.17, 15) is 13.2 Å². The van der Waals surface area contributed by atoms with Gasteiger partial charge in [0.2, 0.25) is 0 Å². The van der Waals surface area contributed by atoms with Gasteiger partial charge in [-0.3, -0.25) is 0 Å². The second-order valence-electron chi connectivity index (χ2n) is 5.60. The summed E-state index contributed by atoms with van der Waals surface area (Å²) in [5.74, 6) is 1.53. The molecule has 0 saturated heterocycles. The normalized spacial score (nSPS) is 9.97. The summed E-state index contributed by atoms with van der Waals surface area (Å²) in [6, 6.07) is 19.6. The van der Waals surface area contributed by atoms with Crippen molar-refractivity contribution < 1.29 is 22.6 Å². The van der Waals surface area contributed by atoms with Gasteiger partial charge in [-0.15, -0.1) is 0 Å². The molecule has 0 aromatic heterocycles. The van der Waals surface area contributed by atoms with Crippen molar-refractivity contribution in [1.29, 1.82) is 0 Å². The third-order valence-corrected chi connectivity index (χ3v) is 3.50. The van der Waals surface area contributed by atoms with E-state index in [1.807, 2.05) is 36.4 Å². The van der Waals surface area contributed by atoms with Crippen LogP contribution in [0.4, 0.5) is 30.2 Å². The highest BCUT2D eigenvalue weighted by Gasteiger charge is 2.32. The van der Waals surface area contributed by atoms with Crippen molar-refractivity contribution in [3.63, 3.8) is 0 Å². The van der Waals surface area contributed by atoms with Crippen LogP contribution in [-0.2, 0) is 6.18 Å². The van der Waals surface area contributed by atoms with Crippen LogP contribution in [0.15, 0.2) is 72.8 Å². The number of para-hydroxylation sites is 3. The van der Waals surface area contributed by atoms with Gasteiger partial charge >= 0.3 is 6.18 Å². The minimum absolute atomic E-state index is 0.236. The number of halogens is 3. The number of ether oxygens (including phenoxy) is 2. The third-order valence-electron chi connectivity index (χ3n) is 3.50. The van der Waals surface area contributed by atoms with Crippen LogP contribution < -0.4 is 26.7 Å². The zero-order valence-electron chi connectivity index (χ0n) is 16.1. The van der Waals surface area contributed by atoms with Gasteiger partial charge in [-0.25, -0.2) is 0 Å². The molecule has 0 radical (unpaired) electrons. The van der Waals surface area contributed by atoms with E-state index >= 15 is 0 Å². The SMILES string of the molecule is COc1cccc(N)c1.COc1ccccc1N.Nc1ccccc1C(F)(F)F. The highest BCUT2D eigenvalue weighted by Crippen LogP contribution is 2.32. The van der Waals surface area contributed by atoms with Crippen LogP contribution in [0.5, 0.6) is 11.5 Å². The van der Waals surface area contributed by atoms with Crippen LogP contribution in [0.2, 0.25) is 0 Å². The molecule has 0 aliphatic heterocycles. The summed E-state index contributed by atoms with van der Waals surface area (Å²) >= 11 is 0. The summed E-state index contributed by atoms with van der Waals surface area (Å²) in [7, 11) is 3.22. The number of benzene rings is 3. The largest absolute Gasteiger partial charge is 0.497 e. The summed E-state index contributed by atoms with van der Waals surface area (Å²) in [5.41, 5.74) is 16.4. The van der Waals surface area contributed by atoms with Gasteiger partial charge in [0, 0.05) is 17.4 Å². The van der Waals surface area contributed by atoms with Crippen molar-refractivity contribution in [3.05, 3.63) is 78.4 Å². The fourth-order valence-electron chi connectivity index (χ4n) is 2.06. The zero-order chi connectivity index (χ0) is 21.9. The monoisotopic (exact) mass is 407 g/mol. The van der Waals surface area contributed by atoms with Gasteiger partial charge in [-0.05, 0) is 36.4 Å². The van der Waals surface area contributed by atoms with E-state index in [1.165, 1.54) is 18.2 Å². The van der Waals surface area contributed by atoms with Gasteiger partial charge in [0.05, 0.1) is 25.5 Å². The van der Waals surface area contributed by atoms with Crippen LogP contribution in [0.3, 0.4) is 0 Å². The van der Waals surface area contributed by atoms with E-state index in [1.54, 1.807) is 26.4 Å². The van der Waals surface area contributed by atoms with Gasteiger partial charge in [-0.1, -0.05) is 30.3 Å². The molecule has 0 bridgehead atoms. The predicted molar refractivity (Wildman–Crippen MR) is 111 cm³/mol. The Morgan fingerprint density at radius 1 is 0.690 bits per heavy atom. The first-order chi connectivity index (χ1) is 13.7. The molecule has 0 fully saturated rings. The second kappa shape index (κ2) is 11.3. The molecule has 5 nitrogen and oxygen atoms in total. The quantitative estimate of drug-likeness (QED) is 0.528. The molecular weight excluding hydrogens is 383 g/mol. The van der Waals surface area contributed by atoms with Gasteiger partial charge < -0.3 is 26.7 Å². The molecule has 6 N–H and O–H groups in total. The molecule has 3 rings (SSSR count). The molecule has 0 aliphatic rings. The van der Waals surface area contributed by atoms with E-state index < -0.39 is 11.7 Å². The first-order valence-corrected chi connectivity index (χ1v) is 8.38. The molecule has 3 aromatic rings. The molecule has 8 heteroatoms. The summed E-state index contributed by atoms with van der Waals surface area (Å²) in [4.78, 5) is 0. The molecule has 0 spiro atoms. The second-order valence-corrected chi connectivity index (χ2v) is 5.60. The smallest absolute Gasteiger partial charge is 0.418 e. The predicted octanol–water partition coefficient (Wildman–Crippen LogP) is 4.84. The van der Waals surface area contributed by atoms with E-state index in [-0.39, 0.29) is 5.69 Å². The maximum atomic E-state index is 12.0. The van der Waals surface area contributed by atoms with Crippen LogP contribution in [-0.4, -0.2) is 14.2 Å². The molecule has 0 aliphatic carbocycles. The van der Waals surface area contributed by atoms with Crippen molar-refractivity contribution in [1.82, 2.24) is 0 Å². The van der Waals surface area contributed by atoms with Crippen molar-refractivity contribution in [2.75, 3.05) is 31.4 Å². The molecule has 29 heavy (non-hydrogen) atoms. The first-order valence-electron chi connectivity index (χ1n) is 8.38. The minimum atomic E-state index is -4.34. The van der Waals surface area contributed by atoms with E-state index in [0.717, 1.165) is 23.3 Å². The topological polar surface area (TPSA) is 96.5 Å². The Morgan fingerprint density at radius 3 is 1.66 bits per heavy atom. The van der Waals surface area contributed by atoms with Gasteiger partial charge in [0.1, 0.15) is 11.5 Å². The lowest BCUT2D eigenvalue weighted by atomic mass is 10.2. The third kappa shape index (κ3) is 8.34. The number of nitrogen functional groups attached to an aromatic ring is 3. The van der Waals surface area contributed by atoms with Crippen molar-refractivity contribution in [2.24, 2.45) is 0 Å². The first kappa shape index (κ1) is 23.5.